The predicted octanol–water partition coefficient (Wildman–Crippen LogP) is 27.9. The Balaban J connectivity index is 0.000000132. The van der Waals surface area contributed by atoms with Crippen molar-refractivity contribution >= 4 is 109 Å². The Labute approximate surface area is 637 Å². The van der Waals surface area contributed by atoms with Crippen molar-refractivity contribution in [1.29, 1.82) is 0 Å². The molecule has 0 saturated heterocycles. The van der Waals surface area contributed by atoms with Crippen molar-refractivity contribution in [3.63, 3.8) is 0 Å². The lowest BCUT2D eigenvalue weighted by Gasteiger charge is -2.21. The summed E-state index contributed by atoms with van der Waals surface area (Å²) < 4.78 is 16.1. The van der Waals surface area contributed by atoms with Gasteiger partial charge in [0.1, 0.15) is 11.2 Å². The molecule has 0 radical (unpaired) electrons. The Morgan fingerprint density at radius 3 is 1.05 bits per heavy atom. The number of hydrogen-bond acceptors (Lipinski definition) is 1. The fraction of sp³-hybridized carbons (Fsp3) is 0.0857. The molecule has 24 rings (SSSR count). The number of nitrogens with zero attached hydrogens (tertiary/aromatic N) is 4. The Morgan fingerprint density at radius 2 is 0.536 bits per heavy atom. The molecule has 0 amide bonds. The summed E-state index contributed by atoms with van der Waals surface area (Å²) in [6, 6.07) is 126. The Kier molecular flexibility index (Phi) is 13.0. The first-order valence-electron chi connectivity index (χ1n) is 38.6. The maximum atomic E-state index is 6.33. The van der Waals surface area contributed by atoms with Gasteiger partial charge in [-0.1, -0.05) is 248 Å². The van der Waals surface area contributed by atoms with Crippen molar-refractivity contribution in [2.24, 2.45) is 0 Å². The van der Waals surface area contributed by atoms with Gasteiger partial charge in [-0.25, -0.2) is 0 Å². The minimum Gasteiger partial charge on any atom is -0.456 e. The van der Waals surface area contributed by atoms with E-state index in [0.717, 1.165) is 27.6 Å². The van der Waals surface area contributed by atoms with Crippen molar-refractivity contribution in [3.8, 4) is 78.4 Å². The van der Waals surface area contributed by atoms with Gasteiger partial charge in [0.25, 0.3) is 0 Å². The molecule has 3 aliphatic carbocycles. The van der Waals surface area contributed by atoms with Crippen LogP contribution in [0.25, 0.3) is 188 Å². The summed E-state index contributed by atoms with van der Waals surface area (Å²) in [6.07, 6.45) is 0. The molecule has 5 heteroatoms. The number of rotatable bonds is 6. The minimum absolute atomic E-state index is 0.0195. The van der Waals surface area contributed by atoms with Crippen LogP contribution in [0.4, 0.5) is 0 Å². The van der Waals surface area contributed by atoms with E-state index in [2.05, 4.69) is 387 Å². The zero-order valence-corrected chi connectivity index (χ0v) is 62.0. The molecule has 520 valence electrons. The molecule has 0 aliphatic heterocycles. The van der Waals surface area contributed by atoms with Crippen molar-refractivity contribution in [2.75, 3.05) is 0 Å². The molecule has 3 aliphatic rings. The van der Waals surface area contributed by atoms with E-state index in [1.54, 1.807) is 0 Å². The van der Waals surface area contributed by atoms with Gasteiger partial charge in [0.05, 0.1) is 44.1 Å². The zero-order chi connectivity index (χ0) is 73.2. The highest BCUT2D eigenvalue weighted by molar-refractivity contribution is 6.21. The Hall–Kier alpha value is -13.5. The van der Waals surface area contributed by atoms with Gasteiger partial charge in [-0.05, 0) is 216 Å². The second-order valence-electron chi connectivity index (χ2n) is 32.3. The second-order valence-corrected chi connectivity index (χ2v) is 32.3. The molecule has 5 aromatic heterocycles. The van der Waals surface area contributed by atoms with Crippen LogP contribution in [-0.2, 0) is 16.2 Å². The smallest absolute Gasteiger partial charge is 0.137 e. The molecule has 110 heavy (non-hydrogen) atoms. The molecule has 21 aromatic rings. The third kappa shape index (κ3) is 8.68. The number of fused-ring (bicyclic) bond motifs is 26. The molecule has 5 nitrogen and oxygen atoms in total. The molecule has 0 N–H and O–H groups in total. The largest absolute Gasteiger partial charge is 0.456 e. The zero-order valence-electron chi connectivity index (χ0n) is 62.0. The van der Waals surface area contributed by atoms with Crippen LogP contribution < -0.4 is 0 Å². The quantitative estimate of drug-likeness (QED) is 0.163. The molecule has 5 heterocycles. The molecular formula is C105H74N4O. The van der Waals surface area contributed by atoms with Crippen molar-refractivity contribution < 1.29 is 4.42 Å². The lowest BCUT2D eigenvalue weighted by atomic mass is 9.82. The van der Waals surface area contributed by atoms with Crippen molar-refractivity contribution in [2.45, 2.75) is 57.8 Å². The molecule has 0 saturated carbocycles. The molecule has 0 spiro atoms. The maximum Gasteiger partial charge on any atom is 0.137 e. The average molecular weight is 1410 g/mol. The summed E-state index contributed by atoms with van der Waals surface area (Å²) in [7, 11) is 0. The van der Waals surface area contributed by atoms with E-state index in [-0.39, 0.29) is 16.2 Å². The normalized spacial score (nSPS) is 14.1. The van der Waals surface area contributed by atoms with E-state index in [0.29, 0.717) is 0 Å². The Morgan fingerprint density at radius 1 is 0.200 bits per heavy atom. The highest BCUT2D eigenvalue weighted by Gasteiger charge is 2.40. The van der Waals surface area contributed by atoms with E-state index in [1.807, 2.05) is 12.1 Å². The summed E-state index contributed by atoms with van der Waals surface area (Å²) >= 11 is 0. The number of benzene rings is 16. The van der Waals surface area contributed by atoms with Crippen molar-refractivity contribution in [1.82, 2.24) is 18.3 Å². The fourth-order valence-electron chi connectivity index (χ4n) is 20.2. The van der Waals surface area contributed by atoms with E-state index in [9.17, 15) is 0 Å². The van der Waals surface area contributed by atoms with Gasteiger partial charge in [0.2, 0.25) is 0 Å². The molecule has 0 unspecified atom stereocenters. The van der Waals surface area contributed by atoms with Crippen LogP contribution in [0.2, 0.25) is 0 Å². The Bertz CT molecular complexity index is 7550. The van der Waals surface area contributed by atoms with Crippen LogP contribution in [0.1, 0.15) is 74.9 Å². The van der Waals surface area contributed by atoms with Gasteiger partial charge in [-0.15, -0.1) is 0 Å². The molecule has 0 fully saturated rings. The van der Waals surface area contributed by atoms with Crippen LogP contribution in [-0.4, -0.2) is 18.3 Å². The SMILES string of the molecule is CC1(C)c2ccccc2-c2c1ccc1c2c2cc(-c3ccc4c(c3)c3ccccc3n4-c3ccc4c(c3)oc3ccccc34)ccc2n1-c1ccccc1.CC1(C)c2ccccc2-c2cc(-n3c4ccccc4c4cc(-c5ccc6c(c5)c5c7c(ccc5n6-c5ccccc5)C(C)(C)c5ccccc5-7)ccc43)ccc21. The number of aromatic nitrogens is 4. The summed E-state index contributed by atoms with van der Waals surface area (Å²) in [6.45, 7) is 14.2. The summed E-state index contributed by atoms with van der Waals surface area (Å²) in [4.78, 5) is 0. The first-order valence-corrected chi connectivity index (χ1v) is 38.6. The number of furan rings is 1. The highest BCUT2D eigenvalue weighted by atomic mass is 16.3. The summed E-state index contributed by atoms with van der Waals surface area (Å²) in [5.41, 5.74) is 37.4. The van der Waals surface area contributed by atoms with E-state index < -0.39 is 0 Å². The van der Waals surface area contributed by atoms with Gasteiger partial charge in [-0.2, -0.15) is 0 Å². The topological polar surface area (TPSA) is 32.9 Å². The lowest BCUT2D eigenvalue weighted by Crippen LogP contribution is -2.14. The predicted molar refractivity (Wildman–Crippen MR) is 461 cm³/mol. The van der Waals surface area contributed by atoms with E-state index in [4.69, 9.17) is 4.42 Å². The van der Waals surface area contributed by atoms with Crippen LogP contribution in [0.15, 0.2) is 344 Å². The standard InChI is InChI=1S/C54H40N2.C51H34N2O/c1-53(2)43-19-11-8-16-37(43)40-32-36(24-25-45(40)53)56-47-21-13-10-17-38(47)41-30-33(22-27-48(41)56)34-23-28-49-42(31-34)52-50(55(49)35-14-6-5-7-15-35)29-26-46-51(52)39-18-9-12-20-44(39)54(46,3)4;1-51(2)41-17-9-6-16-38(41)49-42(51)24-27-46-50(49)40-29-32(21-26-45(40)52(46)33-12-4-3-5-13-33)31-20-25-44-39(28-31)35-14-7-10-18-43(35)53(44)34-22-23-37-36-15-8-11-19-47(36)54-48(37)30-34/h5-32H,1-4H3;3-30H,1-2H3. The minimum atomic E-state index is -0.0763. The first kappa shape index (κ1) is 62.7. The first-order chi connectivity index (χ1) is 53.8. The fourth-order valence-corrected chi connectivity index (χ4v) is 20.2. The van der Waals surface area contributed by atoms with Gasteiger partial charge < -0.3 is 22.7 Å². The summed E-state index contributed by atoms with van der Waals surface area (Å²) in [5, 5.41) is 12.5. The molecule has 0 atom stereocenters. The number of para-hydroxylation sites is 5. The van der Waals surface area contributed by atoms with Gasteiger partial charge in [0.15, 0.2) is 0 Å². The van der Waals surface area contributed by atoms with Gasteiger partial charge in [-0.3, -0.25) is 0 Å². The second kappa shape index (κ2) is 22.8. The molecule has 16 aromatic carbocycles. The third-order valence-corrected chi connectivity index (χ3v) is 25.4. The van der Waals surface area contributed by atoms with Gasteiger partial charge in [0, 0.05) is 98.9 Å². The van der Waals surface area contributed by atoms with Crippen LogP contribution in [0.5, 0.6) is 0 Å². The molecular weight excluding hydrogens is 1330 g/mol. The molecule has 0 bridgehead atoms. The van der Waals surface area contributed by atoms with Crippen molar-refractivity contribution in [3.05, 3.63) is 373 Å². The monoisotopic (exact) mass is 1410 g/mol. The van der Waals surface area contributed by atoms with E-state index >= 15 is 0 Å². The van der Waals surface area contributed by atoms with Crippen LogP contribution in [0.3, 0.4) is 0 Å². The lowest BCUT2D eigenvalue weighted by molar-refractivity contribution is 0.660. The average Bonchev–Trinajstić information content (AvgIpc) is 1.54. The van der Waals surface area contributed by atoms with E-state index in [1.165, 1.54) is 193 Å². The van der Waals surface area contributed by atoms with Gasteiger partial charge >= 0.3 is 0 Å². The summed E-state index contributed by atoms with van der Waals surface area (Å²) in [5.74, 6) is 0. The van der Waals surface area contributed by atoms with Crippen LogP contribution in [0, 0.1) is 0 Å². The highest BCUT2D eigenvalue weighted by Crippen LogP contribution is 2.57. The number of hydrogen-bond donors (Lipinski definition) is 0. The van der Waals surface area contributed by atoms with Crippen LogP contribution >= 0.6 is 0 Å². The maximum absolute atomic E-state index is 6.33. The third-order valence-electron chi connectivity index (χ3n) is 25.4.